The van der Waals surface area contributed by atoms with Gasteiger partial charge < -0.3 is 14.8 Å². The summed E-state index contributed by atoms with van der Waals surface area (Å²) >= 11 is 12.3. The van der Waals surface area contributed by atoms with Crippen LogP contribution in [0.3, 0.4) is 0 Å². The van der Waals surface area contributed by atoms with E-state index in [1.54, 1.807) is 48.8 Å². The lowest BCUT2D eigenvalue weighted by molar-refractivity contribution is 0.125. The van der Waals surface area contributed by atoms with Crippen molar-refractivity contribution in [2.45, 2.75) is 5.60 Å². The highest BCUT2D eigenvalue weighted by atomic mass is 35.5. The van der Waals surface area contributed by atoms with E-state index in [1.807, 2.05) is 36.4 Å². The normalized spacial score (nSPS) is 12.2. The Kier molecular flexibility index (Phi) is 7.80. The van der Waals surface area contributed by atoms with Gasteiger partial charge in [0.15, 0.2) is 0 Å². The highest BCUT2D eigenvalue weighted by Crippen LogP contribution is 2.39. The van der Waals surface area contributed by atoms with E-state index in [2.05, 4.69) is 30.0 Å². The van der Waals surface area contributed by atoms with Crippen molar-refractivity contribution in [1.82, 2.24) is 19.9 Å². The summed E-state index contributed by atoms with van der Waals surface area (Å²) in [6, 6.07) is 21.6. The average Bonchev–Trinajstić information content (AvgIpc) is 3.32. The van der Waals surface area contributed by atoms with Crippen molar-refractivity contribution in [2.75, 3.05) is 12.4 Å². The average molecular weight is 522 g/mol. The van der Waals surface area contributed by atoms with Gasteiger partial charge in [-0.15, -0.1) is 0 Å². The monoisotopic (exact) mass is 521 g/mol. The molecule has 0 radical (unpaired) electrons. The summed E-state index contributed by atoms with van der Waals surface area (Å²) in [5.74, 6) is 0.387. The van der Waals surface area contributed by atoms with E-state index in [1.165, 1.54) is 13.4 Å². The first-order valence-corrected chi connectivity index (χ1v) is 11.5. The van der Waals surface area contributed by atoms with Gasteiger partial charge in [-0.25, -0.2) is 19.7 Å². The second-order valence-electron chi connectivity index (χ2n) is 7.54. The van der Waals surface area contributed by atoms with Gasteiger partial charge >= 0.3 is 6.09 Å². The molecule has 36 heavy (non-hydrogen) atoms. The number of rotatable bonds is 4. The lowest BCUT2D eigenvalue weighted by atomic mass is 9.81. The SMILES string of the molecule is COC(=O)Nc1nc2ccccc2[nH]1.OC(c1ccc(Cl)cc1)(c1cncnc1)c1ccccc1Cl. The molecular weight excluding hydrogens is 501 g/mol. The van der Waals surface area contributed by atoms with Crippen LogP contribution in [0.15, 0.2) is 91.5 Å². The summed E-state index contributed by atoms with van der Waals surface area (Å²) < 4.78 is 4.44. The number of anilines is 1. The van der Waals surface area contributed by atoms with Gasteiger partial charge in [0.05, 0.1) is 18.1 Å². The van der Waals surface area contributed by atoms with E-state index in [9.17, 15) is 9.90 Å². The molecule has 0 fully saturated rings. The third kappa shape index (κ3) is 5.46. The molecule has 0 aliphatic heterocycles. The molecule has 10 heteroatoms. The number of methoxy groups -OCH3 is 1. The molecule has 1 amide bonds. The summed E-state index contributed by atoms with van der Waals surface area (Å²) in [6.45, 7) is 0. The Morgan fingerprint density at radius 1 is 0.944 bits per heavy atom. The number of aromatic amines is 1. The van der Waals surface area contributed by atoms with Crippen LogP contribution in [0.2, 0.25) is 10.0 Å². The third-order valence-corrected chi connectivity index (χ3v) is 5.88. The van der Waals surface area contributed by atoms with Gasteiger partial charge in [0.2, 0.25) is 5.95 Å². The minimum Gasteiger partial charge on any atom is -0.453 e. The zero-order valence-electron chi connectivity index (χ0n) is 19.0. The number of imidazole rings is 1. The number of carbonyl (C=O) groups excluding carboxylic acids is 1. The molecule has 0 spiro atoms. The fourth-order valence-corrected chi connectivity index (χ4v) is 3.97. The summed E-state index contributed by atoms with van der Waals surface area (Å²) in [7, 11) is 1.30. The maximum atomic E-state index is 11.5. The molecule has 3 aromatic carbocycles. The van der Waals surface area contributed by atoms with Gasteiger partial charge in [0.1, 0.15) is 11.9 Å². The van der Waals surface area contributed by atoms with Crippen molar-refractivity contribution < 1.29 is 14.6 Å². The van der Waals surface area contributed by atoms with Gasteiger partial charge in [-0.05, 0) is 35.9 Å². The van der Waals surface area contributed by atoms with Gasteiger partial charge in [-0.3, -0.25) is 5.32 Å². The fourth-order valence-electron chi connectivity index (χ4n) is 3.57. The number of nitrogens with zero attached hydrogens (tertiary/aromatic N) is 3. The molecule has 0 saturated heterocycles. The molecule has 3 N–H and O–H groups in total. The summed E-state index contributed by atoms with van der Waals surface area (Å²) in [5.41, 5.74) is 1.96. The standard InChI is InChI=1S/C17H12Cl2N2O.C9H9N3O2/c18-14-7-5-12(6-8-14)17(22,13-9-20-11-21-10-13)15-3-1-2-4-16(15)19;1-14-9(13)12-8-10-6-4-2-3-5-7(6)11-8/h1-11,22H;2-5H,1H3,(H2,10,11,12,13). The zero-order chi connectivity index (χ0) is 25.5. The van der Waals surface area contributed by atoms with Crippen LogP contribution in [-0.2, 0) is 10.3 Å². The van der Waals surface area contributed by atoms with E-state index in [0.29, 0.717) is 32.7 Å². The van der Waals surface area contributed by atoms with Crippen LogP contribution in [0, 0.1) is 0 Å². The molecule has 2 aromatic heterocycles. The molecule has 5 aromatic rings. The Morgan fingerprint density at radius 2 is 1.61 bits per heavy atom. The van der Waals surface area contributed by atoms with E-state index in [0.717, 1.165) is 11.0 Å². The first-order valence-electron chi connectivity index (χ1n) is 10.7. The van der Waals surface area contributed by atoms with E-state index >= 15 is 0 Å². The number of para-hydroxylation sites is 2. The predicted octanol–water partition coefficient (Wildman–Crippen LogP) is 5.81. The van der Waals surface area contributed by atoms with Crippen molar-refractivity contribution in [3.8, 4) is 0 Å². The van der Waals surface area contributed by atoms with Gasteiger partial charge in [-0.1, -0.05) is 65.7 Å². The first-order chi connectivity index (χ1) is 17.4. The number of carbonyl (C=O) groups is 1. The van der Waals surface area contributed by atoms with E-state index in [4.69, 9.17) is 23.2 Å². The molecular formula is C26H21Cl2N5O3. The number of fused-ring (bicyclic) bond motifs is 1. The smallest absolute Gasteiger partial charge is 0.413 e. The van der Waals surface area contributed by atoms with E-state index < -0.39 is 11.7 Å². The Labute approximate surface area is 216 Å². The summed E-state index contributed by atoms with van der Waals surface area (Å²) in [4.78, 5) is 26.0. The number of amides is 1. The lowest BCUT2D eigenvalue weighted by Gasteiger charge is -2.30. The number of hydrogen-bond acceptors (Lipinski definition) is 6. The molecule has 0 aliphatic rings. The molecule has 182 valence electrons. The van der Waals surface area contributed by atoms with Crippen molar-refractivity contribution in [1.29, 1.82) is 0 Å². The molecule has 1 unspecified atom stereocenters. The van der Waals surface area contributed by atoms with Crippen LogP contribution in [0.5, 0.6) is 0 Å². The number of aliphatic hydroxyl groups is 1. The zero-order valence-corrected chi connectivity index (χ0v) is 20.5. The van der Waals surface area contributed by atoms with Crippen molar-refractivity contribution >= 4 is 46.3 Å². The third-order valence-electron chi connectivity index (χ3n) is 5.30. The summed E-state index contributed by atoms with van der Waals surface area (Å²) in [6.07, 6.45) is 4.03. The minimum atomic E-state index is -1.45. The molecule has 0 bridgehead atoms. The number of H-pyrrole nitrogens is 1. The van der Waals surface area contributed by atoms with Gasteiger partial charge in [0.25, 0.3) is 0 Å². The van der Waals surface area contributed by atoms with Crippen molar-refractivity contribution in [3.63, 3.8) is 0 Å². The van der Waals surface area contributed by atoms with Crippen LogP contribution in [0.25, 0.3) is 11.0 Å². The topological polar surface area (TPSA) is 113 Å². The highest BCUT2D eigenvalue weighted by molar-refractivity contribution is 6.31. The number of ether oxygens (including phenoxy) is 1. The Balaban J connectivity index is 0.000000187. The Morgan fingerprint density at radius 3 is 2.28 bits per heavy atom. The number of aromatic nitrogens is 4. The second kappa shape index (κ2) is 11.2. The van der Waals surface area contributed by atoms with Crippen LogP contribution in [0.4, 0.5) is 10.7 Å². The fraction of sp³-hybridized carbons (Fsp3) is 0.0769. The largest absolute Gasteiger partial charge is 0.453 e. The number of benzene rings is 3. The highest BCUT2D eigenvalue weighted by Gasteiger charge is 2.36. The lowest BCUT2D eigenvalue weighted by Crippen LogP contribution is -2.29. The predicted molar refractivity (Wildman–Crippen MR) is 139 cm³/mol. The van der Waals surface area contributed by atoms with Gasteiger partial charge in [0, 0.05) is 33.6 Å². The summed E-state index contributed by atoms with van der Waals surface area (Å²) in [5, 5.41) is 15.0. The van der Waals surface area contributed by atoms with Crippen LogP contribution in [0.1, 0.15) is 16.7 Å². The Bertz CT molecular complexity index is 1430. The van der Waals surface area contributed by atoms with Crippen LogP contribution in [-0.4, -0.2) is 38.2 Å². The van der Waals surface area contributed by atoms with Gasteiger partial charge in [-0.2, -0.15) is 0 Å². The number of nitrogens with one attached hydrogen (secondary N) is 2. The number of halogens is 2. The van der Waals surface area contributed by atoms with Crippen LogP contribution >= 0.6 is 23.2 Å². The molecule has 0 aliphatic carbocycles. The van der Waals surface area contributed by atoms with Crippen LogP contribution < -0.4 is 5.32 Å². The van der Waals surface area contributed by atoms with E-state index in [-0.39, 0.29) is 0 Å². The molecule has 5 rings (SSSR count). The maximum absolute atomic E-state index is 11.5. The molecule has 1 atom stereocenters. The molecule has 8 nitrogen and oxygen atoms in total. The quantitative estimate of drug-likeness (QED) is 0.275. The Hall–Kier alpha value is -3.98. The van der Waals surface area contributed by atoms with Crippen molar-refractivity contribution in [2.24, 2.45) is 0 Å². The molecule has 2 heterocycles. The second-order valence-corrected chi connectivity index (χ2v) is 8.39. The molecule has 0 saturated carbocycles. The van der Waals surface area contributed by atoms with Crippen molar-refractivity contribution in [3.05, 3.63) is 118 Å². The maximum Gasteiger partial charge on any atom is 0.413 e. The minimum absolute atomic E-state index is 0.387. The first kappa shape index (κ1) is 25.1. The number of hydrogen-bond donors (Lipinski definition) is 3.